The molecule has 2 aromatic heterocycles. The minimum absolute atomic E-state index is 0.191. The number of nitrogens with one attached hydrogen (secondary N) is 1. The third-order valence-corrected chi connectivity index (χ3v) is 3.33. The van der Waals surface area contributed by atoms with Crippen LogP contribution in [0, 0.1) is 18.3 Å². The summed E-state index contributed by atoms with van der Waals surface area (Å²) in [5, 5.41) is 10.1. The molecule has 22 heavy (non-hydrogen) atoms. The second-order valence-corrected chi connectivity index (χ2v) is 5.13. The minimum Gasteiger partial charge on any atom is -0.462 e. The molecule has 0 aliphatic rings. The zero-order valence-corrected chi connectivity index (χ0v) is 12.3. The summed E-state index contributed by atoms with van der Waals surface area (Å²) in [5.74, 6) is 1.45. The fraction of sp³-hybridized carbons (Fsp3) is 0.0625. The summed E-state index contributed by atoms with van der Waals surface area (Å²) in [7, 11) is 0. The van der Waals surface area contributed by atoms with Crippen LogP contribution in [-0.2, 0) is 0 Å². The Morgan fingerprint density at radius 3 is 2.91 bits per heavy atom. The van der Waals surface area contributed by atoms with Crippen molar-refractivity contribution >= 4 is 34.2 Å². The number of nitriles is 1. The van der Waals surface area contributed by atoms with E-state index in [0.29, 0.717) is 21.7 Å². The quantitative estimate of drug-likeness (QED) is 0.734. The van der Waals surface area contributed by atoms with Gasteiger partial charge in [-0.1, -0.05) is 11.6 Å². The first-order chi connectivity index (χ1) is 10.6. The first kappa shape index (κ1) is 14.1. The Balaban J connectivity index is 2.16. The zero-order valence-electron chi connectivity index (χ0n) is 11.6. The molecule has 1 aromatic carbocycles. The summed E-state index contributed by atoms with van der Waals surface area (Å²) < 4.78 is 5.41. The molecule has 3 rings (SSSR count). The standard InChI is InChI=1S/C16H10ClN3O2/c1-9-2-4-12(22-9)6-10(8-18)15-19-14-5-3-11(17)7-13(14)16(21)20-15/h2-7H,1H3,(H,19,20,21)/b10-6+. The van der Waals surface area contributed by atoms with E-state index in [1.54, 1.807) is 24.3 Å². The summed E-state index contributed by atoms with van der Waals surface area (Å²) in [6, 6.07) is 10.4. The second kappa shape index (κ2) is 5.51. The Morgan fingerprint density at radius 1 is 1.41 bits per heavy atom. The van der Waals surface area contributed by atoms with Gasteiger partial charge in [-0.15, -0.1) is 0 Å². The molecule has 1 N–H and O–H groups in total. The molecule has 0 saturated heterocycles. The normalized spacial score (nSPS) is 11.6. The van der Waals surface area contributed by atoms with Crippen molar-refractivity contribution in [2.24, 2.45) is 0 Å². The van der Waals surface area contributed by atoms with Gasteiger partial charge in [0, 0.05) is 11.1 Å². The Labute approximate surface area is 130 Å². The van der Waals surface area contributed by atoms with Crippen LogP contribution in [0.5, 0.6) is 0 Å². The summed E-state index contributed by atoms with van der Waals surface area (Å²) in [6.07, 6.45) is 1.53. The van der Waals surface area contributed by atoms with Crippen molar-refractivity contribution in [1.82, 2.24) is 9.97 Å². The first-order valence-corrected chi connectivity index (χ1v) is 6.83. The fourth-order valence-corrected chi connectivity index (χ4v) is 2.24. The maximum absolute atomic E-state index is 12.1. The molecule has 2 heterocycles. The van der Waals surface area contributed by atoms with Crippen molar-refractivity contribution in [3.63, 3.8) is 0 Å². The Hall–Kier alpha value is -2.84. The monoisotopic (exact) mass is 311 g/mol. The number of aryl methyl sites for hydroxylation is 1. The lowest BCUT2D eigenvalue weighted by molar-refractivity contribution is 0.525. The smallest absolute Gasteiger partial charge is 0.259 e. The number of hydrogen-bond acceptors (Lipinski definition) is 4. The van der Waals surface area contributed by atoms with Crippen LogP contribution in [0.15, 0.2) is 39.5 Å². The summed E-state index contributed by atoms with van der Waals surface area (Å²) in [6.45, 7) is 1.81. The SMILES string of the molecule is Cc1ccc(/C=C(\C#N)c2nc3ccc(Cl)cc3c(=O)[nH]2)o1. The number of rotatable bonds is 2. The third-order valence-electron chi connectivity index (χ3n) is 3.09. The average Bonchev–Trinajstić information content (AvgIpc) is 2.90. The van der Waals surface area contributed by atoms with E-state index in [-0.39, 0.29) is 17.0 Å². The minimum atomic E-state index is -0.348. The van der Waals surface area contributed by atoms with Gasteiger partial charge in [-0.25, -0.2) is 4.98 Å². The van der Waals surface area contributed by atoms with Gasteiger partial charge in [0.15, 0.2) is 5.82 Å². The van der Waals surface area contributed by atoms with Crippen LogP contribution in [0.25, 0.3) is 22.6 Å². The molecule has 3 aromatic rings. The molecule has 0 spiro atoms. The van der Waals surface area contributed by atoms with Gasteiger partial charge in [-0.3, -0.25) is 4.79 Å². The van der Waals surface area contributed by atoms with Crippen molar-refractivity contribution < 1.29 is 4.42 Å². The predicted octanol–water partition coefficient (Wildman–Crippen LogP) is 3.54. The number of nitrogens with zero attached hydrogens (tertiary/aromatic N) is 2. The van der Waals surface area contributed by atoms with Crippen LogP contribution in [0.2, 0.25) is 5.02 Å². The van der Waals surface area contributed by atoms with Crippen molar-refractivity contribution in [2.75, 3.05) is 0 Å². The van der Waals surface area contributed by atoms with E-state index in [4.69, 9.17) is 16.0 Å². The van der Waals surface area contributed by atoms with Gasteiger partial charge >= 0.3 is 0 Å². The predicted molar refractivity (Wildman–Crippen MR) is 84.3 cm³/mol. The molecule has 0 saturated carbocycles. The topological polar surface area (TPSA) is 82.7 Å². The lowest BCUT2D eigenvalue weighted by Crippen LogP contribution is -2.11. The van der Waals surface area contributed by atoms with Gasteiger partial charge in [0.1, 0.15) is 17.6 Å². The highest BCUT2D eigenvalue weighted by atomic mass is 35.5. The van der Waals surface area contributed by atoms with Crippen molar-refractivity contribution in [1.29, 1.82) is 5.26 Å². The number of furan rings is 1. The molecule has 0 amide bonds. The number of fused-ring (bicyclic) bond motifs is 1. The number of hydrogen-bond donors (Lipinski definition) is 1. The van der Waals surface area contributed by atoms with Gasteiger partial charge in [0.25, 0.3) is 5.56 Å². The van der Waals surface area contributed by atoms with Crippen LogP contribution in [0.4, 0.5) is 0 Å². The van der Waals surface area contributed by atoms with Gasteiger partial charge in [-0.05, 0) is 37.3 Å². The second-order valence-electron chi connectivity index (χ2n) is 4.69. The fourth-order valence-electron chi connectivity index (χ4n) is 2.07. The molecule has 0 unspecified atom stereocenters. The molecule has 0 fully saturated rings. The van der Waals surface area contributed by atoms with E-state index in [2.05, 4.69) is 9.97 Å². The van der Waals surface area contributed by atoms with Crippen LogP contribution in [0.1, 0.15) is 17.3 Å². The molecule has 0 aliphatic carbocycles. The maximum atomic E-state index is 12.1. The van der Waals surface area contributed by atoms with Crippen LogP contribution >= 0.6 is 11.6 Å². The number of benzene rings is 1. The van der Waals surface area contributed by atoms with Crippen LogP contribution in [0.3, 0.4) is 0 Å². The van der Waals surface area contributed by atoms with Gasteiger partial charge in [-0.2, -0.15) is 5.26 Å². The van der Waals surface area contributed by atoms with Crippen molar-refractivity contribution in [3.05, 3.63) is 63.1 Å². The molecule has 6 heteroatoms. The number of halogens is 1. The van der Waals surface area contributed by atoms with Gasteiger partial charge in [0.05, 0.1) is 16.5 Å². The van der Waals surface area contributed by atoms with Crippen molar-refractivity contribution in [3.8, 4) is 6.07 Å². The Morgan fingerprint density at radius 2 is 2.23 bits per heavy atom. The zero-order chi connectivity index (χ0) is 15.7. The molecular weight excluding hydrogens is 302 g/mol. The van der Waals surface area contributed by atoms with Crippen molar-refractivity contribution in [2.45, 2.75) is 6.92 Å². The molecule has 5 nitrogen and oxygen atoms in total. The van der Waals surface area contributed by atoms with E-state index in [1.807, 2.05) is 13.0 Å². The highest BCUT2D eigenvalue weighted by molar-refractivity contribution is 6.31. The molecule has 0 radical (unpaired) electrons. The van der Waals surface area contributed by atoms with Crippen LogP contribution < -0.4 is 5.56 Å². The number of H-pyrrole nitrogens is 1. The lowest BCUT2D eigenvalue weighted by atomic mass is 10.2. The van der Waals surface area contributed by atoms with E-state index in [0.717, 1.165) is 5.76 Å². The summed E-state index contributed by atoms with van der Waals surface area (Å²) in [4.78, 5) is 19.0. The van der Waals surface area contributed by atoms with E-state index in [1.165, 1.54) is 12.1 Å². The highest BCUT2D eigenvalue weighted by Gasteiger charge is 2.09. The maximum Gasteiger partial charge on any atom is 0.259 e. The first-order valence-electron chi connectivity index (χ1n) is 6.45. The molecule has 0 aliphatic heterocycles. The molecule has 108 valence electrons. The lowest BCUT2D eigenvalue weighted by Gasteiger charge is -2.02. The number of aromatic amines is 1. The van der Waals surface area contributed by atoms with Crippen LogP contribution in [-0.4, -0.2) is 9.97 Å². The van der Waals surface area contributed by atoms with E-state index in [9.17, 15) is 10.1 Å². The van der Waals surface area contributed by atoms with Gasteiger partial charge < -0.3 is 9.40 Å². The Bertz CT molecular complexity index is 993. The third kappa shape index (κ3) is 2.65. The summed E-state index contributed by atoms with van der Waals surface area (Å²) in [5.41, 5.74) is 0.336. The van der Waals surface area contributed by atoms with E-state index >= 15 is 0 Å². The average molecular weight is 312 g/mol. The largest absolute Gasteiger partial charge is 0.462 e. The molecule has 0 bridgehead atoms. The van der Waals surface area contributed by atoms with E-state index < -0.39 is 0 Å². The highest BCUT2D eigenvalue weighted by Crippen LogP contribution is 2.19. The Kier molecular flexibility index (Phi) is 3.53. The van der Waals surface area contributed by atoms with Gasteiger partial charge in [0.2, 0.25) is 0 Å². The summed E-state index contributed by atoms with van der Waals surface area (Å²) >= 11 is 5.87. The molecular formula is C16H10ClN3O2. The number of allylic oxidation sites excluding steroid dienone is 1. The molecule has 0 atom stereocenters. The number of aromatic nitrogens is 2.